The van der Waals surface area contributed by atoms with E-state index in [1.54, 1.807) is 6.92 Å². The first-order valence-electron chi connectivity index (χ1n) is 11.9. The van der Waals surface area contributed by atoms with E-state index in [0.717, 1.165) is 37.9 Å². The van der Waals surface area contributed by atoms with Crippen LogP contribution < -0.4 is 4.72 Å². The Kier molecular flexibility index (Phi) is 7.75. The Balaban J connectivity index is 1.54. The summed E-state index contributed by atoms with van der Waals surface area (Å²) in [7, 11) is -3.91. The van der Waals surface area contributed by atoms with Crippen molar-refractivity contribution in [3.8, 4) is 0 Å². The number of sulfonamides is 1. The lowest BCUT2D eigenvalue weighted by atomic mass is 10.1. The second-order valence-corrected chi connectivity index (χ2v) is 11.8. The van der Waals surface area contributed by atoms with Crippen LogP contribution in [0.3, 0.4) is 0 Å². The lowest BCUT2D eigenvalue weighted by molar-refractivity contribution is 0.00154. The molecular weight excluding hydrogens is 480 g/mol. The highest BCUT2D eigenvalue weighted by atomic mass is 35.5. The first-order valence-corrected chi connectivity index (χ1v) is 13.8. The van der Waals surface area contributed by atoms with Gasteiger partial charge in [0.1, 0.15) is 17.2 Å². The third-order valence-electron chi connectivity index (χ3n) is 6.20. The summed E-state index contributed by atoms with van der Waals surface area (Å²) < 4.78 is 43.4. The quantitative estimate of drug-likeness (QED) is 0.481. The van der Waals surface area contributed by atoms with Gasteiger partial charge in [0.05, 0.1) is 23.3 Å². The molecule has 12 heteroatoms. The molecule has 1 aliphatic carbocycles. The van der Waals surface area contributed by atoms with Gasteiger partial charge in [-0.1, -0.05) is 18.5 Å². The van der Waals surface area contributed by atoms with Crippen molar-refractivity contribution in [1.29, 1.82) is 0 Å². The number of rotatable bonds is 11. The van der Waals surface area contributed by atoms with Crippen molar-refractivity contribution in [1.82, 2.24) is 24.7 Å². The van der Waals surface area contributed by atoms with Crippen LogP contribution in [0.15, 0.2) is 12.4 Å². The van der Waals surface area contributed by atoms with Crippen LogP contribution in [0.1, 0.15) is 83.6 Å². The molecule has 10 nitrogen and oxygen atoms in total. The molecule has 0 bridgehead atoms. The Hall–Kier alpha value is -1.82. The zero-order chi connectivity index (χ0) is 24.5. The monoisotopic (exact) mass is 512 g/mol. The highest BCUT2D eigenvalue weighted by Crippen LogP contribution is 2.39. The van der Waals surface area contributed by atoms with Gasteiger partial charge in [-0.3, -0.25) is 9.29 Å². The molecule has 2 aromatic heterocycles. The zero-order valence-corrected chi connectivity index (χ0v) is 21.6. The van der Waals surface area contributed by atoms with Gasteiger partial charge in [0, 0.05) is 24.9 Å². The van der Waals surface area contributed by atoms with Gasteiger partial charge in [0.15, 0.2) is 5.82 Å². The summed E-state index contributed by atoms with van der Waals surface area (Å²) in [6, 6.07) is 0.198. The van der Waals surface area contributed by atoms with E-state index in [9.17, 15) is 8.42 Å². The van der Waals surface area contributed by atoms with Crippen molar-refractivity contribution < 1.29 is 17.9 Å². The van der Waals surface area contributed by atoms with Crippen LogP contribution in [-0.4, -0.2) is 56.7 Å². The number of ether oxygens (including phenoxy) is 2. The standard InChI is InChI=1S/C22H33ClN6O4S/c1-5-17-8-9-18(33-17)10-19-26-27-22(29(19)16-6-7-16)28-34(30,31)14(4)20(32-13(2)3)21-24-11-15(23)12-25-21/h11-14,16-18,20H,5-10H2,1-4H3,(H,27,28)/t14-,17+,18+,20+/m0/s1. The minimum Gasteiger partial charge on any atom is -0.375 e. The van der Waals surface area contributed by atoms with Gasteiger partial charge in [-0.2, -0.15) is 0 Å². The summed E-state index contributed by atoms with van der Waals surface area (Å²) >= 11 is 5.91. The lowest BCUT2D eigenvalue weighted by Gasteiger charge is -2.25. The first kappa shape index (κ1) is 25.3. The Bertz CT molecular complexity index is 1070. The van der Waals surface area contributed by atoms with Crippen molar-refractivity contribution in [3.63, 3.8) is 0 Å². The minimum absolute atomic E-state index is 0.0842. The summed E-state index contributed by atoms with van der Waals surface area (Å²) in [5.41, 5.74) is 0. The number of hydrogen-bond donors (Lipinski definition) is 1. The average molecular weight is 513 g/mol. The van der Waals surface area contributed by atoms with Gasteiger partial charge in [0.2, 0.25) is 16.0 Å². The fourth-order valence-corrected chi connectivity index (χ4v) is 5.40. The minimum atomic E-state index is -3.91. The molecule has 3 heterocycles. The molecule has 2 fully saturated rings. The van der Waals surface area contributed by atoms with E-state index in [2.05, 4.69) is 31.8 Å². The summed E-state index contributed by atoms with van der Waals surface area (Å²) in [5, 5.41) is 7.91. The molecule has 188 valence electrons. The fraction of sp³-hybridized carbons (Fsp3) is 0.727. The highest BCUT2D eigenvalue weighted by molar-refractivity contribution is 7.93. The number of nitrogens with one attached hydrogen (secondary N) is 1. The molecule has 4 atom stereocenters. The average Bonchev–Trinajstić information content (AvgIpc) is 3.40. The zero-order valence-electron chi connectivity index (χ0n) is 20.0. The maximum atomic E-state index is 13.4. The Morgan fingerprint density at radius 3 is 2.41 bits per heavy atom. The normalized spacial score (nSPS) is 22.8. The van der Waals surface area contributed by atoms with Crippen molar-refractivity contribution in [2.45, 2.75) is 102 Å². The van der Waals surface area contributed by atoms with Crippen LogP contribution in [0.4, 0.5) is 5.95 Å². The summed E-state index contributed by atoms with van der Waals surface area (Å²) in [6.45, 7) is 7.36. The van der Waals surface area contributed by atoms with Crippen molar-refractivity contribution >= 4 is 27.6 Å². The fourth-order valence-electron chi connectivity index (χ4n) is 4.21. The van der Waals surface area contributed by atoms with E-state index in [1.807, 2.05) is 18.4 Å². The van der Waals surface area contributed by atoms with Gasteiger partial charge in [-0.05, 0) is 52.9 Å². The Morgan fingerprint density at radius 1 is 1.15 bits per heavy atom. The molecule has 0 radical (unpaired) electrons. The summed E-state index contributed by atoms with van der Waals surface area (Å²) in [6.07, 6.45) is 7.67. The predicted molar refractivity (Wildman–Crippen MR) is 128 cm³/mol. The molecule has 34 heavy (non-hydrogen) atoms. The molecule has 1 N–H and O–H groups in total. The molecular formula is C22H33ClN6O4S. The van der Waals surface area contributed by atoms with Crippen LogP contribution in [0.25, 0.3) is 0 Å². The van der Waals surface area contributed by atoms with Gasteiger partial charge < -0.3 is 9.47 Å². The van der Waals surface area contributed by atoms with Gasteiger partial charge in [-0.25, -0.2) is 18.4 Å². The van der Waals surface area contributed by atoms with Crippen LogP contribution in [0, 0.1) is 0 Å². The topological polar surface area (TPSA) is 121 Å². The molecule has 1 aliphatic heterocycles. The van der Waals surface area contributed by atoms with E-state index in [0.29, 0.717) is 11.4 Å². The Morgan fingerprint density at radius 2 is 1.82 bits per heavy atom. The molecule has 4 rings (SSSR count). The van der Waals surface area contributed by atoms with Gasteiger partial charge >= 0.3 is 0 Å². The number of anilines is 1. The molecule has 2 aromatic rings. The third kappa shape index (κ3) is 5.87. The lowest BCUT2D eigenvalue weighted by Crippen LogP contribution is -2.35. The van der Waals surface area contributed by atoms with E-state index >= 15 is 0 Å². The van der Waals surface area contributed by atoms with Gasteiger partial charge in [-0.15, -0.1) is 10.2 Å². The van der Waals surface area contributed by atoms with Gasteiger partial charge in [0.25, 0.3) is 0 Å². The van der Waals surface area contributed by atoms with Crippen LogP contribution in [0.5, 0.6) is 0 Å². The molecule has 1 saturated heterocycles. The largest absolute Gasteiger partial charge is 0.375 e. The molecule has 2 aliphatic rings. The second-order valence-electron chi connectivity index (χ2n) is 9.33. The molecule has 0 unspecified atom stereocenters. The van der Waals surface area contributed by atoms with E-state index in [1.165, 1.54) is 12.4 Å². The number of nitrogens with zero attached hydrogens (tertiary/aromatic N) is 5. The van der Waals surface area contributed by atoms with Crippen molar-refractivity contribution in [3.05, 3.63) is 29.1 Å². The smallest absolute Gasteiger partial charge is 0.240 e. The van der Waals surface area contributed by atoms with E-state index in [4.69, 9.17) is 21.1 Å². The first-order chi connectivity index (χ1) is 16.2. The maximum absolute atomic E-state index is 13.4. The SMILES string of the molecule is CC[C@@H]1CC[C@H](Cc2nnc(NS(=O)(=O)[C@@H](C)[C@@H](OC(C)C)c3ncc(Cl)cn3)n2C2CC2)O1. The number of hydrogen-bond acceptors (Lipinski definition) is 8. The van der Waals surface area contributed by atoms with E-state index in [-0.39, 0.29) is 36.1 Å². The Labute approximate surface area is 205 Å². The second kappa shape index (κ2) is 10.4. The van der Waals surface area contributed by atoms with Crippen LogP contribution in [0.2, 0.25) is 5.02 Å². The van der Waals surface area contributed by atoms with Crippen molar-refractivity contribution in [2.24, 2.45) is 0 Å². The number of aromatic nitrogens is 5. The summed E-state index contributed by atoms with van der Waals surface area (Å²) in [4.78, 5) is 8.39. The highest BCUT2D eigenvalue weighted by Gasteiger charge is 2.38. The molecule has 0 aromatic carbocycles. The maximum Gasteiger partial charge on any atom is 0.240 e. The third-order valence-corrected chi connectivity index (χ3v) is 8.09. The molecule has 1 saturated carbocycles. The van der Waals surface area contributed by atoms with Crippen molar-refractivity contribution in [2.75, 3.05) is 4.72 Å². The van der Waals surface area contributed by atoms with Crippen LogP contribution in [-0.2, 0) is 25.9 Å². The van der Waals surface area contributed by atoms with Crippen LogP contribution >= 0.6 is 11.6 Å². The summed E-state index contributed by atoms with van der Waals surface area (Å²) in [5.74, 6) is 1.24. The molecule has 0 spiro atoms. The molecule has 0 amide bonds. The predicted octanol–water partition coefficient (Wildman–Crippen LogP) is 3.85. The number of halogens is 1. The van der Waals surface area contributed by atoms with E-state index < -0.39 is 21.4 Å².